The minimum Gasteiger partial charge on any atom is -0.234 e. The molecule has 12 heteroatoms. The second kappa shape index (κ2) is 10.0. The number of hydrogen-bond donors (Lipinski definition) is 0. The van der Waals surface area contributed by atoms with Gasteiger partial charge in [-0.2, -0.15) is 5.10 Å². The van der Waals surface area contributed by atoms with Gasteiger partial charge in [0.15, 0.2) is 14.8 Å². The van der Waals surface area contributed by atoms with Crippen LogP contribution in [0.4, 0.5) is 0 Å². The smallest absolute Gasteiger partial charge is 0.179 e. The number of sulfone groups is 1. The van der Waals surface area contributed by atoms with E-state index in [-0.39, 0.29) is 21.9 Å². The van der Waals surface area contributed by atoms with E-state index in [1.165, 1.54) is 17.6 Å². The van der Waals surface area contributed by atoms with Crippen LogP contribution in [0.15, 0.2) is 70.6 Å². The van der Waals surface area contributed by atoms with Crippen molar-refractivity contribution in [1.82, 2.24) is 20.0 Å². The quantitative estimate of drug-likeness (QED) is 0.214. The summed E-state index contributed by atoms with van der Waals surface area (Å²) in [6.07, 6.45) is 9.00. The van der Waals surface area contributed by atoms with Crippen LogP contribution in [0.1, 0.15) is 41.4 Å². The highest BCUT2D eigenvalue weighted by Gasteiger charge is 2.49. The van der Waals surface area contributed by atoms with E-state index in [0.29, 0.717) is 42.9 Å². The summed E-state index contributed by atoms with van der Waals surface area (Å²) in [6, 6.07) is 12.7. The second-order valence-electron chi connectivity index (χ2n) is 9.63. The van der Waals surface area contributed by atoms with Crippen molar-refractivity contribution in [2.24, 2.45) is 0 Å². The van der Waals surface area contributed by atoms with Crippen molar-refractivity contribution >= 4 is 67.6 Å². The molecule has 0 N–H and O–H groups in total. The van der Waals surface area contributed by atoms with Crippen LogP contribution in [0.25, 0.3) is 16.4 Å². The molecule has 39 heavy (non-hydrogen) atoms. The van der Waals surface area contributed by atoms with Gasteiger partial charge in [0, 0.05) is 32.7 Å². The fraction of sp³-hybridized carbons (Fsp3) is 0.222. The number of halogens is 4. The Morgan fingerprint density at radius 1 is 1.00 bits per heavy atom. The highest BCUT2D eigenvalue weighted by atomic mass is 35.5. The lowest BCUT2D eigenvalue weighted by Gasteiger charge is -2.18. The van der Waals surface area contributed by atoms with Crippen LogP contribution in [0, 0.1) is 0 Å². The first-order chi connectivity index (χ1) is 18.6. The highest BCUT2D eigenvalue weighted by molar-refractivity contribution is 7.91. The van der Waals surface area contributed by atoms with Crippen molar-refractivity contribution in [3.05, 3.63) is 97.1 Å². The zero-order valence-electron chi connectivity index (χ0n) is 20.4. The summed E-state index contributed by atoms with van der Waals surface area (Å²) in [7, 11) is -3.77. The Bertz CT molecular complexity index is 1770. The maximum atomic E-state index is 13.4. The number of hydrogen-bond acceptors (Lipinski definition) is 6. The van der Waals surface area contributed by atoms with Crippen LogP contribution in [0.3, 0.4) is 0 Å². The minimum absolute atomic E-state index is 0.0913. The molecule has 2 aromatic carbocycles. The largest absolute Gasteiger partial charge is 0.234 e. The molecule has 2 aliphatic carbocycles. The Balaban J connectivity index is 1.54. The van der Waals surface area contributed by atoms with Gasteiger partial charge >= 0.3 is 0 Å². The first-order valence-electron chi connectivity index (χ1n) is 12.0. The molecule has 2 aliphatic rings. The maximum absolute atomic E-state index is 13.4. The van der Waals surface area contributed by atoms with E-state index in [1.54, 1.807) is 29.0 Å². The summed E-state index contributed by atoms with van der Waals surface area (Å²) in [5.74, 6) is -0.318. The highest BCUT2D eigenvalue weighted by Crippen LogP contribution is 2.55. The SMILES string of the molecule is CS(=O)(=O)c1c(-c2nnc(C3(c4ccc(Cl)cc4)CC3)s2)nn(-c2ccc(Cl)cc2Cl)c1C1C=CC(Cl)=CC1. The number of rotatable bonds is 6. The summed E-state index contributed by atoms with van der Waals surface area (Å²) in [4.78, 5) is 0.0913. The molecular formula is C27H20Cl4N4O2S2. The van der Waals surface area contributed by atoms with E-state index < -0.39 is 9.84 Å². The van der Waals surface area contributed by atoms with E-state index >= 15 is 0 Å². The molecule has 6 nitrogen and oxygen atoms in total. The number of allylic oxidation sites excluding steroid dienone is 4. The van der Waals surface area contributed by atoms with Crippen LogP contribution >= 0.6 is 57.7 Å². The molecule has 1 fully saturated rings. The van der Waals surface area contributed by atoms with Crippen LogP contribution in [0.2, 0.25) is 15.1 Å². The summed E-state index contributed by atoms with van der Waals surface area (Å²) in [5.41, 5.74) is 2.07. The van der Waals surface area contributed by atoms with Crippen LogP contribution < -0.4 is 0 Å². The molecule has 2 aromatic heterocycles. The monoisotopic (exact) mass is 636 g/mol. The second-order valence-corrected chi connectivity index (χ2v) is 14.3. The van der Waals surface area contributed by atoms with Gasteiger partial charge in [-0.1, -0.05) is 82.0 Å². The number of nitrogens with zero attached hydrogens (tertiary/aromatic N) is 4. The van der Waals surface area contributed by atoms with E-state index in [1.807, 2.05) is 36.4 Å². The zero-order valence-corrected chi connectivity index (χ0v) is 25.1. The lowest BCUT2D eigenvalue weighted by atomic mass is 9.96. The predicted molar refractivity (Wildman–Crippen MR) is 157 cm³/mol. The molecule has 0 amide bonds. The van der Waals surface area contributed by atoms with Crippen molar-refractivity contribution in [2.45, 2.75) is 35.5 Å². The average molecular weight is 638 g/mol. The third kappa shape index (κ3) is 4.96. The van der Waals surface area contributed by atoms with Gasteiger partial charge in [-0.25, -0.2) is 13.1 Å². The van der Waals surface area contributed by atoms with Crippen LogP contribution in [0.5, 0.6) is 0 Å². The fourth-order valence-electron chi connectivity index (χ4n) is 4.91. The van der Waals surface area contributed by atoms with Gasteiger partial charge in [0.2, 0.25) is 0 Å². The number of benzene rings is 2. The van der Waals surface area contributed by atoms with E-state index in [9.17, 15) is 8.42 Å². The van der Waals surface area contributed by atoms with E-state index in [4.69, 9.17) is 51.5 Å². The molecular weight excluding hydrogens is 618 g/mol. The number of aromatic nitrogens is 4. The molecule has 0 spiro atoms. The Kier molecular flexibility index (Phi) is 6.93. The Morgan fingerprint density at radius 3 is 2.33 bits per heavy atom. The van der Waals surface area contributed by atoms with Gasteiger partial charge < -0.3 is 0 Å². The van der Waals surface area contributed by atoms with Gasteiger partial charge in [0.1, 0.15) is 15.6 Å². The fourth-order valence-corrected chi connectivity index (χ4v) is 7.96. The normalized spacial score (nSPS) is 18.3. The molecule has 0 saturated heterocycles. The third-order valence-electron chi connectivity index (χ3n) is 6.97. The summed E-state index contributed by atoms with van der Waals surface area (Å²) in [6.45, 7) is 0. The lowest BCUT2D eigenvalue weighted by molar-refractivity contribution is 0.599. The van der Waals surface area contributed by atoms with Gasteiger partial charge in [0.05, 0.1) is 16.4 Å². The predicted octanol–water partition coefficient (Wildman–Crippen LogP) is 8.00. The van der Waals surface area contributed by atoms with Crippen molar-refractivity contribution in [1.29, 1.82) is 0 Å². The van der Waals surface area contributed by atoms with Gasteiger partial charge in [-0.05, 0) is 61.2 Å². The Hall–Kier alpha value is -2.20. The Morgan fingerprint density at radius 2 is 1.72 bits per heavy atom. The summed E-state index contributed by atoms with van der Waals surface area (Å²) < 4.78 is 28.3. The summed E-state index contributed by atoms with van der Waals surface area (Å²) >= 11 is 26.4. The molecule has 1 atom stereocenters. The molecule has 0 bridgehead atoms. The zero-order chi connectivity index (χ0) is 27.5. The summed E-state index contributed by atoms with van der Waals surface area (Å²) in [5, 5.41) is 17.1. The van der Waals surface area contributed by atoms with E-state index in [2.05, 4.69) is 10.2 Å². The standard InChI is InChI=1S/C27H20Cl4N4O2S2/c1-39(36,37)24-22(25-32-33-26(38-25)27(12-13-27)16-4-8-18(29)9-5-16)34-35(21-11-10-19(30)14-20(21)31)23(24)15-2-6-17(28)7-3-15/h2,4-11,14-15H,3,12-13H2,1H3. The maximum Gasteiger partial charge on any atom is 0.179 e. The molecule has 0 aliphatic heterocycles. The Labute approximate surface area is 249 Å². The van der Waals surface area contributed by atoms with Gasteiger partial charge in [-0.15, -0.1) is 10.2 Å². The molecule has 0 radical (unpaired) electrons. The third-order valence-corrected chi connectivity index (χ3v) is 10.3. The minimum atomic E-state index is -3.77. The van der Waals surface area contributed by atoms with Crippen molar-refractivity contribution < 1.29 is 8.42 Å². The molecule has 200 valence electrons. The average Bonchev–Trinajstić information content (AvgIpc) is 3.35. The molecule has 1 unspecified atom stereocenters. The molecule has 2 heterocycles. The van der Waals surface area contributed by atoms with Crippen molar-refractivity contribution in [3.8, 4) is 16.4 Å². The first kappa shape index (κ1) is 27.0. The van der Waals surface area contributed by atoms with Gasteiger partial charge in [-0.3, -0.25) is 0 Å². The molecule has 4 aromatic rings. The van der Waals surface area contributed by atoms with E-state index in [0.717, 1.165) is 23.4 Å². The molecule has 1 saturated carbocycles. The van der Waals surface area contributed by atoms with Crippen LogP contribution in [-0.4, -0.2) is 34.7 Å². The first-order valence-corrected chi connectivity index (χ1v) is 16.2. The van der Waals surface area contributed by atoms with Gasteiger partial charge in [0.25, 0.3) is 0 Å². The lowest BCUT2D eigenvalue weighted by Crippen LogP contribution is -2.12. The van der Waals surface area contributed by atoms with Crippen LogP contribution in [-0.2, 0) is 15.3 Å². The molecule has 6 rings (SSSR count). The topological polar surface area (TPSA) is 77.7 Å². The van der Waals surface area contributed by atoms with Crippen molar-refractivity contribution in [2.75, 3.05) is 6.26 Å². The van der Waals surface area contributed by atoms with Crippen molar-refractivity contribution in [3.63, 3.8) is 0 Å².